The summed E-state index contributed by atoms with van der Waals surface area (Å²) in [6.07, 6.45) is 3.06. The first kappa shape index (κ1) is 6.45. The molecule has 0 unspecified atom stereocenters. The second-order valence-corrected chi connectivity index (χ2v) is 3.60. The molecule has 0 fully saturated rings. The molecule has 14 heavy (non-hydrogen) atoms. The van der Waals surface area contributed by atoms with E-state index in [4.69, 9.17) is 8.85 Å². The highest BCUT2D eigenvalue weighted by molar-refractivity contribution is 9.10. The van der Waals surface area contributed by atoms with Crippen molar-refractivity contribution in [2.45, 2.75) is 13.5 Å². The molecular formula is C10H10BrN2O. The fraction of sp³-hybridized carbons (Fsp3) is 0.300. The topological polar surface area (TPSA) is 27.1 Å². The summed E-state index contributed by atoms with van der Waals surface area (Å²) < 4.78 is 28.3. The van der Waals surface area contributed by atoms with Crippen LogP contribution in [0.15, 0.2) is 16.6 Å². The third-order valence-electron chi connectivity index (χ3n) is 1.96. The van der Waals surface area contributed by atoms with Gasteiger partial charge in [0.05, 0.1) is 21.8 Å². The molecule has 73 valence electrons. The summed E-state index contributed by atoms with van der Waals surface area (Å²) in [7, 11) is -2.47. The third kappa shape index (κ3) is 1.39. The Bertz CT molecular complexity index is 550. The van der Waals surface area contributed by atoms with E-state index in [-0.39, 0.29) is 5.75 Å². The van der Waals surface area contributed by atoms with Gasteiger partial charge in [0, 0.05) is 11.9 Å². The average molecular weight is 257 g/mol. The van der Waals surface area contributed by atoms with Gasteiger partial charge in [0.25, 0.3) is 0 Å². The molecule has 0 spiro atoms. The maximum atomic E-state index is 7.07. The van der Waals surface area contributed by atoms with Gasteiger partial charge in [-0.3, -0.25) is 4.68 Å². The lowest BCUT2D eigenvalue weighted by atomic mass is 10.2. The van der Waals surface area contributed by atoms with Gasteiger partial charge >= 0.3 is 0 Å². The minimum absolute atomic E-state index is 0.257. The number of aromatic nitrogens is 2. The molecule has 1 radical (unpaired) electrons. The van der Waals surface area contributed by atoms with Gasteiger partial charge in [-0.1, -0.05) is 0 Å². The quantitative estimate of drug-likeness (QED) is 0.826. The van der Waals surface area contributed by atoms with Crippen LogP contribution in [0, 0.1) is 6.20 Å². The normalized spacial score (nSPS) is 14.9. The van der Waals surface area contributed by atoms with Gasteiger partial charge in [0.15, 0.2) is 0 Å². The number of ether oxygens (including phenoxy) is 1. The minimum Gasteiger partial charge on any atom is -0.495 e. The first-order valence-electron chi connectivity index (χ1n) is 5.68. The molecule has 0 amide bonds. The van der Waals surface area contributed by atoms with Crippen molar-refractivity contribution in [3.8, 4) is 5.75 Å². The fourth-order valence-corrected chi connectivity index (χ4v) is 1.75. The zero-order valence-electron chi connectivity index (χ0n) is 10.5. The number of rotatable bonds is 2. The Labute approximate surface area is 95.0 Å². The maximum absolute atomic E-state index is 7.07. The molecule has 2 aromatic rings. The molecule has 4 heteroatoms. The number of fused-ring (bicyclic) bond motifs is 1. The lowest BCUT2D eigenvalue weighted by Crippen LogP contribution is -1.93. The van der Waals surface area contributed by atoms with Crippen LogP contribution in [0.4, 0.5) is 0 Å². The summed E-state index contributed by atoms with van der Waals surface area (Å²) in [5.41, 5.74) is 0.647. The van der Waals surface area contributed by atoms with Crippen molar-refractivity contribution in [1.82, 2.24) is 9.78 Å². The lowest BCUT2D eigenvalue weighted by molar-refractivity contribution is 0.413. The molecular weight excluding hydrogens is 244 g/mol. The second kappa shape index (κ2) is 3.61. The van der Waals surface area contributed by atoms with Crippen LogP contribution in [0.25, 0.3) is 10.9 Å². The van der Waals surface area contributed by atoms with Gasteiger partial charge in [-0.05, 0) is 35.0 Å². The largest absolute Gasteiger partial charge is 0.495 e. The van der Waals surface area contributed by atoms with E-state index in [2.05, 4.69) is 27.2 Å². The Kier molecular flexibility index (Phi) is 1.66. The van der Waals surface area contributed by atoms with Crippen LogP contribution < -0.4 is 4.74 Å². The van der Waals surface area contributed by atoms with E-state index in [1.807, 2.05) is 6.92 Å². The highest BCUT2D eigenvalue weighted by Crippen LogP contribution is 2.31. The molecule has 1 aromatic carbocycles. The lowest BCUT2D eigenvalue weighted by Gasteiger charge is -2.01. The Hall–Kier alpha value is -1.03. The number of benzene rings is 1. The van der Waals surface area contributed by atoms with Gasteiger partial charge in [-0.25, -0.2) is 0 Å². The third-order valence-corrected chi connectivity index (χ3v) is 2.73. The molecule has 0 aliphatic rings. The van der Waals surface area contributed by atoms with E-state index >= 15 is 0 Å². The van der Waals surface area contributed by atoms with Crippen molar-refractivity contribution < 1.29 is 8.85 Å². The molecule has 0 aliphatic carbocycles. The summed E-state index contributed by atoms with van der Waals surface area (Å²) in [6, 6.07) is 3.33. The van der Waals surface area contributed by atoms with Crippen molar-refractivity contribution in [1.29, 1.82) is 0 Å². The number of aryl methyl sites for hydroxylation is 1. The van der Waals surface area contributed by atoms with Gasteiger partial charge < -0.3 is 4.74 Å². The highest BCUT2D eigenvalue weighted by Gasteiger charge is 2.08. The number of methoxy groups -OCH3 is 1. The van der Waals surface area contributed by atoms with Crippen LogP contribution in [0.2, 0.25) is 0 Å². The van der Waals surface area contributed by atoms with Crippen molar-refractivity contribution in [3.63, 3.8) is 0 Å². The van der Waals surface area contributed by atoms with Crippen molar-refractivity contribution in [3.05, 3.63) is 22.8 Å². The molecule has 1 heterocycles. The maximum Gasteiger partial charge on any atom is 0.135 e. The molecule has 1 aromatic heterocycles. The van der Waals surface area contributed by atoms with E-state index < -0.39 is 7.04 Å². The van der Waals surface area contributed by atoms with Gasteiger partial charge in [0.2, 0.25) is 0 Å². The molecule has 0 saturated carbocycles. The predicted octanol–water partition coefficient (Wildman–Crippen LogP) is 2.63. The summed E-state index contributed by atoms with van der Waals surface area (Å²) in [6.45, 7) is 2.66. The van der Waals surface area contributed by atoms with Gasteiger partial charge in [-0.15, -0.1) is 0 Å². The van der Waals surface area contributed by atoms with Crippen LogP contribution in [0.5, 0.6) is 5.75 Å². The predicted molar refractivity (Wildman–Crippen MR) is 58.5 cm³/mol. The molecule has 0 saturated heterocycles. The van der Waals surface area contributed by atoms with Gasteiger partial charge in [0.1, 0.15) is 11.3 Å². The second-order valence-electron chi connectivity index (χ2n) is 2.80. The zero-order valence-corrected chi connectivity index (χ0v) is 9.13. The van der Waals surface area contributed by atoms with Gasteiger partial charge in [-0.2, -0.15) is 5.10 Å². The monoisotopic (exact) mass is 256 g/mol. The Morgan fingerprint density at radius 2 is 2.57 bits per heavy atom. The number of halogens is 1. The standard InChI is InChI=1S/C10H10BrN2O/c1-3-13-6-7-4-5-8(14-2)9(11)10(7)12-13/h4-5H,3H2,1-2H3/i2D3. The van der Waals surface area contributed by atoms with E-state index in [1.54, 1.807) is 16.8 Å². The molecule has 0 aliphatic heterocycles. The van der Waals surface area contributed by atoms with E-state index in [1.165, 1.54) is 0 Å². The fourth-order valence-electron chi connectivity index (χ4n) is 1.25. The average Bonchev–Trinajstić information content (AvgIpc) is 2.64. The zero-order chi connectivity index (χ0) is 12.6. The number of hydrogen-bond acceptors (Lipinski definition) is 2. The first-order chi connectivity index (χ1) is 7.90. The van der Waals surface area contributed by atoms with Crippen molar-refractivity contribution in [2.24, 2.45) is 0 Å². The summed E-state index contributed by atoms with van der Waals surface area (Å²) >= 11 is 3.31. The van der Waals surface area contributed by atoms with Crippen LogP contribution >= 0.6 is 15.9 Å². The smallest absolute Gasteiger partial charge is 0.135 e. The Morgan fingerprint density at radius 1 is 1.71 bits per heavy atom. The van der Waals surface area contributed by atoms with E-state index in [0.29, 0.717) is 16.5 Å². The minimum atomic E-state index is -2.47. The Morgan fingerprint density at radius 3 is 3.29 bits per heavy atom. The van der Waals surface area contributed by atoms with Crippen LogP contribution in [-0.2, 0) is 6.54 Å². The number of nitrogens with zero attached hydrogens (tertiary/aromatic N) is 2. The number of hydrogen-bond donors (Lipinski definition) is 0. The molecule has 3 nitrogen and oxygen atoms in total. The highest BCUT2D eigenvalue weighted by atomic mass is 79.9. The van der Waals surface area contributed by atoms with Crippen molar-refractivity contribution >= 4 is 26.8 Å². The van der Waals surface area contributed by atoms with Crippen LogP contribution in [0.1, 0.15) is 11.0 Å². The molecule has 2 rings (SSSR count). The van der Waals surface area contributed by atoms with E-state index in [9.17, 15) is 0 Å². The first-order valence-corrected chi connectivity index (χ1v) is 4.97. The Balaban J connectivity index is 2.49. The SMILES string of the molecule is [2H]C([2H])([2H])Oc1ccc2[c]n(CC)nc2c1Br. The van der Waals surface area contributed by atoms with Crippen LogP contribution in [-0.4, -0.2) is 16.8 Å². The summed E-state index contributed by atoms with van der Waals surface area (Å²) in [5.74, 6) is 0.257. The van der Waals surface area contributed by atoms with Crippen LogP contribution in [0.3, 0.4) is 0 Å². The molecule has 0 atom stereocenters. The molecule has 0 bridgehead atoms. The molecule has 0 N–H and O–H groups in total. The van der Waals surface area contributed by atoms with E-state index in [0.717, 1.165) is 5.39 Å². The summed E-state index contributed by atoms with van der Waals surface area (Å²) in [4.78, 5) is 0. The van der Waals surface area contributed by atoms with Crippen molar-refractivity contribution in [2.75, 3.05) is 7.04 Å². The summed E-state index contributed by atoms with van der Waals surface area (Å²) in [5, 5.41) is 5.09.